The molecule has 6 aromatic rings. The van der Waals surface area contributed by atoms with Crippen molar-refractivity contribution in [2.75, 3.05) is 0 Å². The number of fused-ring (bicyclic) bond motifs is 2. The van der Waals surface area contributed by atoms with E-state index in [1.54, 1.807) is 47.3 Å². The number of nitrogens with zero attached hydrogens (tertiary/aromatic N) is 6. The summed E-state index contributed by atoms with van der Waals surface area (Å²) in [6.45, 7) is 0.456. The number of nitrogens with one attached hydrogen (secondary N) is 2. The molecule has 0 aliphatic carbocycles. The maximum atomic E-state index is 15.0. The minimum atomic E-state index is -0.509. The van der Waals surface area contributed by atoms with Crippen molar-refractivity contribution in [3.63, 3.8) is 0 Å². The van der Waals surface area contributed by atoms with Crippen molar-refractivity contribution < 1.29 is 4.39 Å². The Kier molecular flexibility index (Phi) is 4.35. The molecule has 0 fully saturated rings. The van der Waals surface area contributed by atoms with Crippen LogP contribution in [0, 0.1) is 17.1 Å². The smallest absolute Gasteiger partial charge is 0.271 e. The van der Waals surface area contributed by atoms with Crippen LogP contribution in [0.3, 0.4) is 0 Å². The van der Waals surface area contributed by atoms with E-state index in [2.05, 4.69) is 31.7 Å². The molecule has 2 N–H and O–H groups in total. The molecule has 0 aliphatic heterocycles. The zero-order valence-corrected chi connectivity index (χ0v) is 17.5. The second-order valence-electron chi connectivity index (χ2n) is 7.82. The van der Waals surface area contributed by atoms with Gasteiger partial charge in [-0.25, -0.2) is 9.07 Å². The minimum absolute atomic E-state index is 0.130. The average Bonchev–Trinajstić information content (AvgIpc) is 3.58. The van der Waals surface area contributed by atoms with Crippen molar-refractivity contribution in [3.8, 4) is 23.0 Å². The van der Waals surface area contributed by atoms with Crippen LogP contribution in [0.5, 0.6) is 0 Å². The van der Waals surface area contributed by atoms with Gasteiger partial charge in [-0.3, -0.25) is 19.7 Å². The number of halogens is 1. The van der Waals surface area contributed by atoms with E-state index in [0.29, 0.717) is 39.8 Å². The Balaban J connectivity index is 1.44. The van der Waals surface area contributed by atoms with E-state index in [0.717, 1.165) is 11.3 Å². The van der Waals surface area contributed by atoms with Crippen molar-refractivity contribution in [2.24, 2.45) is 0 Å². The fourth-order valence-electron chi connectivity index (χ4n) is 4.04. The lowest BCUT2D eigenvalue weighted by atomic mass is 10.1. The van der Waals surface area contributed by atoms with Gasteiger partial charge in [-0.2, -0.15) is 10.4 Å². The normalized spacial score (nSPS) is 11.3. The molecule has 0 spiro atoms. The molecular formula is C24H15FN8O. The fraction of sp³-hybridized carbons (Fsp3) is 0.0417. The molecule has 0 saturated carbocycles. The molecular weight excluding hydrogens is 435 g/mol. The molecule has 0 saturated heterocycles. The molecule has 0 radical (unpaired) electrons. The third-order valence-corrected chi connectivity index (χ3v) is 5.74. The summed E-state index contributed by atoms with van der Waals surface area (Å²) in [6, 6.07) is 19.6. The number of benzene rings is 3. The number of H-pyrrole nitrogens is 2. The molecule has 3 heterocycles. The van der Waals surface area contributed by atoms with Crippen LogP contribution in [0.25, 0.3) is 38.9 Å². The summed E-state index contributed by atoms with van der Waals surface area (Å²) in [6.07, 6.45) is 1.66. The molecule has 0 unspecified atom stereocenters. The van der Waals surface area contributed by atoms with Gasteiger partial charge < -0.3 is 0 Å². The Labute approximate surface area is 190 Å². The van der Waals surface area contributed by atoms with E-state index in [9.17, 15) is 4.79 Å². The van der Waals surface area contributed by atoms with E-state index >= 15 is 4.39 Å². The second kappa shape index (κ2) is 7.53. The summed E-state index contributed by atoms with van der Waals surface area (Å²) in [5, 5.41) is 27.3. The lowest BCUT2D eigenvalue weighted by molar-refractivity contribution is 0.635. The molecule has 3 aromatic heterocycles. The quantitative estimate of drug-likeness (QED) is 0.426. The first-order chi connectivity index (χ1) is 16.6. The molecule has 9 nitrogen and oxygen atoms in total. The minimum Gasteiger partial charge on any atom is -0.298 e. The van der Waals surface area contributed by atoms with Gasteiger partial charge in [0.25, 0.3) is 5.56 Å². The predicted octanol–water partition coefficient (Wildman–Crippen LogP) is 3.51. The second-order valence-corrected chi connectivity index (χ2v) is 7.82. The Morgan fingerprint density at radius 1 is 1.03 bits per heavy atom. The van der Waals surface area contributed by atoms with E-state index in [1.807, 2.05) is 18.2 Å². The molecule has 0 atom stereocenters. The van der Waals surface area contributed by atoms with Crippen molar-refractivity contribution in [2.45, 2.75) is 6.54 Å². The zero-order chi connectivity index (χ0) is 23.2. The number of nitriles is 1. The van der Waals surface area contributed by atoms with Crippen LogP contribution in [0.15, 0.2) is 71.7 Å². The van der Waals surface area contributed by atoms with Crippen molar-refractivity contribution in [1.82, 2.24) is 35.0 Å². The van der Waals surface area contributed by atoms with Gasteiger partial charge in [0, 0.05) is 11.8 Å². The zero-order valence-electron chi connectivity index (χ0n) is 17.5. The summed E-state index contributed by atoms with van der Waals surface area (Å²) in [4.78, 5) is 12.0. The Morgan fingerprint density at radius 2 is 1.88 bits per heavy atom. The molecule has 0 aliphatic rings. The van der Waals surface area contributed by atoms with E-state index in [-0.39, 0.29) is 11.1 Å². The van der Waals surface area contributed by atoms with Gasteiger partial charge in [0.15, 0.2) is 5.82 Å². The van der Waals surface area contributed by atoms with Gasteiger partial charge >= 0.3 is 0 Å². The van der Waals surface area contributed by atoms with Gasteiger partial charge in [0.2, 0.25) is 0 Å². The van der Waals surface area contributed by atoms with Gasteiger partial charge in [-0.1, -0.05) is 17.3 Å². The topological polar surface area (TPSA) is 121 Å². The maximum absolute atomic E-state index is 15.0. The van der Waals surface area contributed by atoms with Gasteiger partial charge in [0.1, 0.15) is 5.52 Å². The SMILES string of the molecule is N#Cc1ccc(Cn2nccc2-c2cc(F)c3nnn(-c4ccc5[nH][nH]c(=O)c5c4)c3c2)cc1. The molecule has 0 amide bonds. The highest BCUT2D eigenvalue weighted by molar-refractivity contribution is 5.85. The largest absolute Gasteiger partial charge is 0.298 e. The van der Waals surface area contributed by atoms with E-state index < -0.39 is 5.82 Å². The summed E-state index contributed by atoms with van der Waals surface area (Å²) in [5.74, 6) is -0.509. The van der Waals surface area contributed by atoms with Crippen molar-refractivity contribution in [3.05, 3.63) is 94.2 Å². The Morgan fingerprint density at radius 3 is 2.71 bits per heavy atom. The first kappa shape index (κ1) is 19.6. The first-order valence-corrected chi connectivity index (χ1v) is 10.4. The van der Waals surface area contributed by atoms with E-state index in [1.165, 1.54) is 10.7 Å². The monoisotopic (exact) mass is 450 g/mol. The van der Waals surface area contributed by atoms with Crippen molar-refractivity contribution >= 4 is 21.9 Å². The average molecular weight is 450 g/mol. The predicted molar refractivity (Wildman–Crippen MR) is 123 cm³/mol. The third-order valence-electron chi connectivity index (χ3n) is 5.74. The molecule has 0 bridgehead atoms. The number of rotatable bonds is 4. The van der Waals surface area contributed by atoms with E-state index in [4.69, 9.17) is 5.26 Å². The van der Waals surface area contributed by atoms with Crippen LogP contribution in [0.2, 0.25) is 0 Å². The lowest BCUT2D eigenvalue weighted by Gasteiger charge is -2.09. The lowest BCUT2D eigenvalue weighted by Crippen LogP contribution is -2.04. The van der Waals surface area contributed by atoms with Gasteiger partial charge in [0.05, 0.1) is 46.0 Å². The van der Waals surface area contributed by atoms with Crippen LogP contribution in [-0.4, -0.2) is 35.0 Å². The van der Waals surface area contributed by atoms with Crippen LogP contribution >= 0.6 is 0 Å². The highest BCUT2D eigenvalue weighted by Crippen LogP contribution is 2.28. The van der Waals surface area contributed by atoms with Gasteiger partial charge in [-0.15, -0.1) is 5.10 Å². The number of hydrogen-bond acceptors (Lipinski definition) is 5. The standard InChI is InChI=1S/C24H15FN8O/c25-19-9-16(21-7-8-27-32(21)13-15-3-1-14(12-26)2-4-15)10-22-23(19)29-31-33(22)17-5-6-20-18(11-17)24(34)30-28-20/h1-11H,13H2,(H2,28,30,34). The van der Waals surface area contributed by atoms with Crippen molar-refractivity contribution in [1.29, 1.82) is 5.26 Å². The Bertz CT molecular complexity index is 1780. The Hall–Kier alpha value is -5.04. The molecule has 34 heavy (non-hydrogen) atoms. The van der Waals surface area contributed by atoms with Gasteiger partial charge in [-0.05, 0) is 54.1 Å². The molecule has 3 aromatic carbocycles. The molecule has 164 valence electrons. The summed E-state index contributed by atoms with van der Waals surface area (Å²) < 4.78 is 18.3. The number of aromatic nitrogens is 7. The highest BCUT2D eigenvalue weighted by atomic mass is 19.1. The summed E-state index contributed by atoms with van der Waals surface area (Å²) in [7, 11) is 0. The highest BCUT2D eigenvalue weighted by Gasteiger charge is 2.16. The fourth-order valence-corrected chi connectivity index (χ4v) is 4.04. The number of aromatic amines is 2. The summed E-state index contributed by atoms with van der Waals surface area (Å²) in [5.41, 5.74) is 4.47. The van der Waals surface area contributed by atoms with Crippen LogP contribution in [0.4, 0.5) is 4.39 Å². The first-order valence-electron chi connectivity index (χ1n) is 10.4. The molecule has 6 rings (SSSR count). The van der Waals surface area contributed by atoms with Crippen LogP contribution in [0.1, 0.15) is 11.1 Å². The van der Waals surface area contributed by atoms with Crippen LogP contribution < -0.4 is 5.56 Å². The molecule has 10 heteroatoms. The van der Waals surface area contributed by atoms with Crippen LogP contribution in [-0.2, 0) is 6.54 Å². The summed E-state index contributed by atoms with van der Waals surface area (Å²) >= 11 is 0. The third kappa shape index (κ3) is 3.15. The number of hydrogen-bond donors (Lipinski definition) is 2. The maximum Gasteiger partial charge on any atom is 0.271 e.